The highest BCUT2D eigenvalue weighted by molar-refractivity contribution is 7.89. The van der Waals surface area contributed by atoms with Gasteiger partial charge in [-0.1, -0.05) is 32.1 Å². The van der Waals surface area contributed by atoms with Gasteiger partial charge in [0.1, 0.15) is 6.33 Å². The lowest BCUT2D eigenvalue weighted by Crippen LogP contribution is -2.17. The van der Waals surface area contributed by atoms with Gasteiger partial charge < -0.3 is 5.32 Å². The van der Waals surface area contributed by atoms with Crippen molar-refractivity contribution in [3.63, 3.8) is 0 Å². The molecule has 1 aromatic carbocycles. The lowest BCUT2D eigenvalue weighted by Gasteiger charge is -2.24. The molecule has 0 spiro atoms. The van der Waals surface area contributed by atoms with Crippen LogP contribution in [-0.4, -0.2) is 28.5 Å². The van der Waals surface area contributed by atoms with Crippen LogP contribution in [0, 0.1) is 5.92 Å². The number of amides is 1. The summed E-state index contributed by atoms with van der Waals surface area (Å²) in [5.74, 6) is 1.53. The Morgan fingerprint density at radius 3 is 2.43 bits per heavy atom. The highest BCUT2D eigenvalue weighted by atomic mass is 32.2. The number of carbonyl (C=O) groups excluding carboxylic acids is 1. The first kappa shape index (κ1) is 19.1. The Hall–Kier alpha value is -2.22. The van der Waals surface area contributed by atoms with Crippen LogP contribution in [-0.2, 0) is 14.8 Å². The lowest BCUT2D eigenvalue weighted by molar-refractivity contribution is -0.116. The first-order chi connectivity index (χ1) is 13.5. The summed E-state index contributed by atoms with van der Waals surface area (Å²) in [6, 6.07) is 6.22. The third-order valence-corrected chi connectivity index (χ3v) is 7.43. The maximum Gasteiger partial charge on any atom is 0.284 e. The molecule has 2 aliphatic carbocycles. The minimum absolute atomic E-state index is 0.0278. The largest absolute Gasteiger partial charge is 0.326 e. The number of nitrogens with one attached hydrogen (secondary N) is 1. The molecule has 8 heteroatoms. The number of hydrogen-bond donors (Lipinski definition) is 1. The van der Waals surface area contributed by atoms with E-state index in [1.54, 1.807) is 12.1 Å². The highest BCUT2D eigenvalue weighted by Gasteiger charge is 2.24. The van der Waals surface area contributed by atoms with E-state index < -0.39 is 10.0 Å². The van der Waals surface area contributed by atoms with E-state index in [-0.39, 0.29) is 16.7 Å². The molecule has 1 aromatic heterocycles. The quantitative estimate of drug-likeness (QED) is 0.762. The smallest absolute Gasteiger partial charge is 0.284 e. The van der Waals surface area contributed by atoms with Gasteiger partial charge >= 0.3 is 0 Å². The standard InChI is InChI=1S/C20H26N4O3S/c25-19(13-8-15-4-3-5-15)22-17-9-11-18(12-10-17)28(26,27)24-14-21-20(23-24)16-6-1-2-7-16/h9-12,14-16H,1-8,13H2,(H,22,25). The molecule has 0 atom stereocenters. The lowest BCUT2D eigenvalue weighted by atomic mass is 9.82. The number of rotatable bonds is 7. The van der Waals surface area contributed by atoms with E-state index in [1.807, 2.05) is 0 Å². The maximum atomic E-state index is 12.8. The Morgan fingerprint density at radius 1 is 1.07 bits per heavy atom. The molecule has 0 aliphatic heterocycles. The zero-order valence-corrected chi connectivity index (χ0v) is 16.7. The van der Waals surface area contributed by atoms with Gasteiger partial charge in [-0.2, -0.15) is 8.42 Å². The molecule has 4 rings (SSSR count). The van der Waals surface area contributed by atoms with Gasteiger partial charge in [0.15, 0.2) is 5.82 Å². The summed E-state index contributed by atoms with van der Waals surface area (Å²) in [6.45, 7) is 0. The monoisotopic (exact) mass is 402 g/mol. The molecule has 150 valence electrons. The molecule has 1 heterocycles. The summed E-state index contributed by atoms with van der Waals surface area (Å²) in [5, 5.41) is 7.05. The van der Waals surface area contributed by atoms with Crippen LogP contribution in [0.4, 0.5) is 5.69 Å². The van der Waals surface area contributed by atoms with Crippen molar-refractivity contribution in [2.45, 2.75) is 68.6 Å². The van der Waals surface area contributed by atoms with E-state index in [4.69, 9.17) is 0 Å². The fourth-order valence-corrected chi connectivity index (χ4v) is 4.96. The van der Waals surface area contributed by atoms with E-state index in [0.29, 0.717) is 23.9 Å². The van der Waals surface area contributed by atoms with E-state index in [9.17, 15) is 13.2 Å². The molecule has 0 bridgehead atoms. The summed E-state index contributed by atoms with van der Waals surface area (Å²) < 4.78 is 26.5. The third-order valence-electron chi connectivity index (χ3n) is 5.90. The fourth-order valence-electron chi connectivity index (χ4n) is 3.91. The zero-order valence-electron chi connectivity index (χ0n) is 15.9. The molecule has 0 saturated heterocycles. The predicted octanol–water partition coefficient (Wildman–Crippen LogP) is 3.69. The summed E-state index contributed by atoms with van der Waals surface area (Å²) in [4.78, 5) is 16.4. The van der Waals surface area contributed by atoms with Gasteiger partial charge in [-0.05, 0) is 49.4 Å². The molecule has 28 heavy (non-hydrogen) atoms. The molecule has 2 fully saturated rings. The van der Waals surface area contributed by atoms with Crippen molar-refractivity contribution in [3.05, 3.63) is 36.4 Å². The minimum Gasteiger partial charge on any atom is -0.326 e. The molecule has 2 aromatic rings. The second-order valence-corrected chi connectivity index (χ2v) is 9.67. The van der Waals surface area contributed by atoms with Crippen molar-refractivity contribution in [1.29, 1.82) is 0 Å². The summed E-state index contributed by atoms with van der Waals surface area (Å²) >= 11 is 0. The van der Waals surface area contributed by atoms with Crippen LogP contribution in [0.15, 0.2) is 35.5 Å². The Bertz CT molecular complexity index is 927. The van der Waals surface area contributed by atoms with Crippen molar-refractivity contribution in [2.24, 2.45) is 5.92 Å². The molecule has 1 N–H and O–H groups in total. The third kappa shape index (κ3) is 4.11. The predicted molar refractivity (Wildman–Crippen MR) is 105 cm³/mol. The topological polar surface area (TPSA) is 94.0 Å². The molecule has 2 aliphatic rings. The SMILES string of the molecule is O=C(CCC1CCC1)Nc1ccc(S(=O)(=O)n2cnc(C3CCCC3)n2)cc1. The normalized spacial score (nSPS) is 18.1. The summed E-state index contributed by atoms with van der Waals surface area (Å²) in [7, 11) is -3.78. The second kappa shape index (κ2) is 8.03. The van der Waals surface area contributed by atoms with E-state index in [2.05, 4.69) is 15.4 Å². The maximum absolute atomic E-state index is 12.8. The van der Waals surface area contributed by atoms with Gasteiger partial charge in [-0.3, -0.25) is 4.79 Å². The first-order valence-corrected chi connectivity index (χ1v) is 11.5. The van der Waals surface area contributed by atoms with Gasteiger partial charge in [0.25, 0.3) is 10.0 Å². The molecule has 0 unspecified atom stereocenters. The number of hydrogen-bond acceptors (Lipinski definition) is 5. The van der Waals surface area contributed by atoms with Crippen LogP contribution < -0.4 is 5.32 Å². The Morgan fingerprint density at radius 2 is 1.79 bits per heavy atom. The number of nitrogens with zero attached hydrogens (tertiary/aromatic N) is 3. The van der Waals surface area contributed by atoms with Crippen LogP contribution in [0.2, 0.25) is 0 Å². The average molecular weight is 403 g/mol. The number of aromatic nitrogens is 3. The first-order valence-electron chi connectivity index (χ1n) is 10.1. The van der Waals surface area contributed by atoms with E-state index in [1.165, 1.54) is 37.7 Å². The number of anilines is 1. The van der Waals surface area contributed by atoms with Gasteiger partial charge in [0.05, 0.1) is 4.90 Å². The molecule has 0 radical (unpaired) electrons. The average Bonchev–Trinajstić information content (AvgIpc) is 3.32. The Kier molecular flexibility index (Phi) is 5.48. The fraction of sp³-hybridized carbons (Fsp3) is 0.550. The van der Waals surface area contributed by atoms with Crippen LogP contribution in [0.25, 0.3) is 0 Å². The van der Waals surface area contributed by atoms with Gasteiger partial charge in [-0.15, -0.1) is 9.19 Å². The van der Waals surface area contributed by atoms with Crippen molar-refractivity contribution in [1.82, 2.24) is 14.2 Å². The van der Waals surface area contributed by atoms with E-state index >= 15 is 0 Å². The molecular weight excluding hydrogens is 376 g/mol. The van der Waals surface area contributed by atoms with Crippen molar-refractivity contribution in [3.8, 4) is 0 Å². The Labute approximate surface area is 165 Å². The Balaban J connectivity index is 1.40. The van der Waals surface area contributed by atoms with Crippen LogP contribution in [0.5, 0.6) is 0 Å². The minimum atomic E-state index is -3.78. The molecule has 1 amide bonds. The summed E-state index contributed by atoms with van der Waals surface area (Å²) in [5.41, 5.74) is 0.600. The van der Waals surface area contributed by atoms with Gasteiger partial charge in [0.2, 0.25) is 5.91 Å². The molecular formula is C20H26N4O3S. The second-order valence-electron chi connectivity index (χ2n) is 7.87. The van der Waals surface area contributed by atoms with Crippen molar-refractivity contribution >= 4 is 21.6 Å². The zero-order chi connectivity index (χ0) is 19.6. The molecule has 2 saturated carbocycles. The molecule has 7 nitrogen and oxygen atoms in total. The van der Waals surface area contributed by atoms with Crippen molar-refractivity contribution in [2.75, 3.05) is 5.32 Å². The van der Waals surface area contributed by atoms with Crippen LogP contribution in [0.1, 0.15) is 69.5 Å². The van der Waals surface area contributed by atoms with Gasteiger partial charge in [0, 0.05) is 18.0 Å². The number of carbonyl (C=O) groups is 1. The summed E-state index contributed by atoms with van der Waals surface area (Å²) in [6.07, 6.45) is 10.7. The van der Waals surface area contributed by atoms with Crippen molar-refractivity contribution < 1.29 is 13.2 Å². The van der Waals surface area contributed by atoms with E-state index in [0.717, 1.165) is 36.2 Å². The van der Waals surface area contributed by atoms with Crippen LogP contribution >= 0.6 is 0 Å². The van der Waals surface area contributed by atoms with Gasteiger partial charge in [-0.25, -0.2) is 4.98 Å². The number of benzene rings is 1. The highest BCUT2D eigenvalue weighted by Crippen LogP contribution is 2.32. The van der Waals surface area contributed by atoms with Crippen LogP contribution in [0.3, 0.4) is 0 Å².